The average Bonchev–Trinajstić information content (AvgIpc) is 2.75. The topological polar surface area (TPSA) is 79.8 Å². The number of fused-ring (bicyclic) bond motifs is 1. The summed E-state index contributed by atoms with van der Waals surface area (Å²) in [6, 6.07) is 21.2. The second-order valence-electron chi connectivity index (χ2n) is 6.40. The number of nitrogens with zero attached hydrogens (tertiary/aromatic N) is 3. The van der Waals surface area contributed by atoms with Crippen molar-refractivity contribution in [2.45, 2.75) is 13.0 Å². The Morgan fingerprint density at radius 3 is 2.61 bits per heavy atom. The molecule has 0 aliphatic rings. The van der Waals surface area contributed by atoms with Gasteiger partial charge in [-0.25, -0.2) is 9.97 Å². The highest BCUT2D eigenvalue weighted by Crippen LogP contribution is 2.22. The van der Waals surface area contributed by atoms with Crippen LogP contribution in [0.4, 0.5) is 11.5 Å². The Bertz CT molecular complexity index is 1110. The van der Waals surface area contributed by atoms with Crippen LogP contribution in [0.2, 0.25) is 0 Å². The molecule has 2 aromatic carbocycles. The smallest absolute Gasteiger partial charge is 0.274 e. The molecule has 6 heteroatoms. The van der Waals surface area contributed by atoms with Gasteiger partial charge in [0.25, 0.3) is 5.91 Å². The predicted octanol–water partition coefficient (Wildman–Crippen LogP) is 4.45. The number of benzene rings is 2. The first-order valence-corrected chi connectivity index (χ1v) is 8.99. The highest BCUT2D eigenvalue weighted by molar-refractivity contribution is 6.07. The number of nitrogens with one attached hydrogen (secondary N) is 2. The molecule has 0 fully saturated rings. The van der Waals surface area contributed by atoms with Gasteiger partial charge >= 0.3 is 0 Å². The van der Waals surface area contributed by atoms with Gasteiger partial charge in [-0.05, 0) is 24.6 Å². The predicted molar refractivity (Wildman–Crippen MR) is 110 cm³/mol. The van der Waals surface area contributed by atoms with Crippen LogP contribution in [0.1, 0.15) is 29.0 Å². The number of rotatable bonds is 5. The van der Waals surface area contributed by atoms with Crippen LogP contribution in [0.25, 0.3) is 10.9 Å². The third kappa shape index (κ3) is 3.81. The van der Waals surface area contributed by atoms with Gasteiger partial charge in [0.2, 0.25) is 0 Å². The molecule has 138 valence electrons. The van der Waals surface area contributed by atoms with Crippen molar-refractivity contribution in [3.8, 4) is 0 Å². The van der Waals surface area contributed by atoms with Gasteiger partial charge in [-0.15, -0.1) is 0 Å². The lowest BCUT2D eigenvalue weighted by Crippen LogP contribution is -2.15. The maximum Gasteiger partial charge on any atom is 0.274 e. The van der Waals surface area contributed by atoms with Gasteiger partial charge in [-0.1, -0.05) is 48.5 Å². The number of para-hydroxylation sites is 1. The van der Waals surface area contributed by atoms with Gasteiger partial charge in [0.15, 0.2) is 0 Å². The van der Waals surface area contributed by atoms with Crippen molar-refractivity contribution >= 4 is 28.3 Å². The molecule has 2 N–H and O–H groups in total. The van der Waals surface area contributed by atoms with E-state index in [0.29, 0.717) is 11.5 Å². The summed E-state index contributed by atoms with van der Waals surface area (Å²) >= 11 is 0. The molecule has 4 rings (SSSR count). The first-order valence-electron chi connectivity index (χ1n) is 8.99. The van der Waals surface area contributed by atoms with Gasteiger partial charge in [-0.3, -0.25) is 9.78 Å². The number of pyridine rings is 1. The first-order chi connectivity index (χ1) is 13.7. The molecule has 2 heterocycles. The zero-order chi connectivity index (χ0) is 19.3. The van der Waals surface area contributed by atoms with E-state index < -0.39 is 0 Å². The minimum atomic E-state index is -0.309. The summed E-state index contributed by atoms with van der Waals surface area (Å²) in [5, 5.41) is 7.16. The van der Waals surface area contributed by atoms with Crippen LogP contribution in [0.5, 0.6) is 0 Å². The van der Waals surface area contributed by atoms with Crippen molar-refractivity contribution in [3.05, 3.63) is 90.5 Å². The van der Waals surface area contributed by atoms with E-state index in [4.69, 9.17) is 0 Å². The van der Waals surface area contributed by atoms with E-state index in [0.717, 1.165) is 16.5 Å². The van der Waals surface area contributed by atoms with E-state index in [2.05, 4.69) is 25.6 Å². The summed E-state index contributed by atoms with van der Waals surface area (Å²) in [7, 11) is 0. The van der Waals surface area contributed by atoms with Gasteiger partial charge < -0.3 is 10.6 Å². The molecule has 1 unspecified atom stereocenters. The normalized spacial score (nSPS) is 11.8. The third-order valence-corrected chi connectivity index (χ3v) is 4.44. The highest BCUT2D eigenvalue weighted by atomic mass is 16.1. The molecule has 0 radical (unpaired) electrons. The van der Waals surface area contributed by atoms with Crippen molar-refractivity contribution in [2.75, 3.05) is 10.6 Å². The Labute approximate surface area is 162 Å². The fourth-order valence-corrected chi connectivity index (χ4v) is 3.00. The molecule has 0 bridgehead atoms. The Morgan fingerprint density at radius 1 is 0.929 bits per heavy atom. The first kappa shape index (κ1) is 17.6. The van der Waals surface area contributed by atoms with Gasteiger partial charge in [0.05, 0.1) is 11.2 Å². The van der Waals surface area contributed by atoms with E-state index in [1.54, 1.807) is 12.3 Å². The van der Waals surface area contributed by atoms with E-state index >= 15 is 0 Å². The molecular weight excluding hydrogens is 350 g/mol. The van der Waals surface area contributed by atoms with E-state index in [1.807, 2.05) is 67.6 Å². The second-order valence-corrected chi connectivity index (χ2v) is 6.40. The molecule has 0 spiro atoms. The fourth-order valence-electron chi connectivity index (χ4n) is 3.00. The lowest BCUT2D eigenvalue weighted by Gasteiger charge is -2.15. The molecular formula is C22H19N5O. The third-order valence-electron chi connectivity index (χ3n) is 4.44. The molecule has 1 atom stereocenters. The van der Waals surface area contributed by atoms with Crippen molar-refractivity contribution in [1.29, 1.82) is 0 Å². The molecule has 0 aliphatic heterocycles. The van der Waals surface area contributed by atoms with E-state index in [9.17, 15) is 4.79 Å². The van der Waals surface area contributed by atoms with Crippen molar-refractivity contribution in [3.63, 3.8) is 0 Å². The summed E-state index contributed by atoms with van der Waals surface area (Å²) in [6.45, 7) is 2.04. The minimum absolute atomic E-state index is 0.0503. The Hall–Kier alpha value is -3.80. The number of amides is 1. The van der Waals surface area contributed by atoms with Crippen molar-refractivity contribution in [2.24, 2.45) is 0 Å². The van der Waals surface area contributed by atoms with E-state index in [-0.39, 0.29) is 17.6 Å². The summed E-state index contributed by atoms with van der Waals surface area (Å²) in [5.74, 6) is 0.281. The van der Waals surface area contributed by atoms with Crippen LogP contribution in [0.3, 0.4) is 0 Å². The van der Waals surface area contributed by atoms with Crippen LogP contribution >= 0.6 is 0 Å². The molecule has 28 heavy (non-hydrogen) atoms. The zero-order valence-corrected chi connectivity index (χ0v) is 15.3. The van der Waals surface area contributed by atoms with Crippen molar-refractivity contribution < 1.29 is 4.79 Å². The summed E-state index contributed by atoms with van der Waals surface area (Å²) in [4.78, 5) is 25.4. The lowest BCUT2D eigenvalue weighted by atomic mass is 10.1. The maximum atomic E-state index is 12.7. The van der Waals surface area contributed by atoms with Gasteiger partial charge in [-0.2, -0.15) is 0 Å². The number of hydrogen-bond acceptors (Lipinski definition) is 5. The van der Waals surface area contributed by atoms with Crippen molar-refractivity contribution in [1.82, 2.24) is 15.0 Å². The quantitative estimate of drug-likeness (QED) is 0.543. The molecule has 6 nitrogen and oxygen atoms in total. The van der Waals surface area contributed by atoms with Crippen LogP contribution in [0, 0.1) is 0 Å². The molecule has 0 aliphatic carbocycles. The number of hydrogen-bond donors (Lipinski definition) is 2. The molecule has 1 amide bonds. The lowest BCUT2D eigenvalue weighted by molar-refractivity contribution is 0.102. The van der Waals surface area contributed by atoms with Crippen LogP contribution in [0.15, 0.2) is 79.3 Å². The standard InChI is InChI=1S/C22H19N5O/c1-15(16-7-3-2-4-8-16)26-20-13-19(24-14-25-20)22(28)27-18-11-5-9-17-10-6-12-23-21(17)18/h2-15H,1H3,(H,27,28)(H,24,25,26). The van der Waals surface area contributed by atoms with Crippen LogP contribution in [-0.4, -0.2) is 20.9 Å². The SMILES string of the molecule is CC(Nc1cc(C(=O)Nc2cccc3cccnc23)ncn1)c1ccccc1. The Balaban J connectivity index is 1.53. The maximum absolute atomic E-state index is 12.7. The number of anilines is 2. The monoisotopic (exact) mass is 369 g/mol. The van der Waals surface area contributed by atoms with E-state index in [1.165, 1.54) is 6.33 Å². The molecule has 2 aromatic heterocycles. The van der Waals surface area contributed by atoms with Crippen LogP contribution < -0.4 is 10.6 Å². The minimum Gasteiger partial charge on any atom is -0.363 e. The Morgan fingerprint density at radius 2 is 1.75 bits per heavy atom. The second kappa shape index (κ2) is 7.84. The highest BCUT2D eigenvalue weighted by Gasteiger charge is 2.13. The van der Waals surface area contributed by atoms with Crippen LogP contribution in [-0.2, 0) is 0 Å². The summed E-state index contributed by atoms with van der Waals surface area (Å²) in [6.07, 6.45) is 3.09. The fraction of sp³-hybridized carbons (Fsp3) is 0.0909. The molecule has 4 aromatic rings. The number of aromatic nitrogens is 3. The summed E-state index contributed by atoms with van der Waals surface area (Å²) < 4.78 is 0. The largest absolute Gasteiger partial charge is 0.363 e. The Kier molecular flexibility index (Phi) is 4.93. The molecule has 0 saturated carbocycles. The average molecular weight is 369 g/mol. The summed E-state index contributed by atoms with van der Waals surface area (Å²) in [5.41, 5.74) is 2.80. The zero-order valence-electron chi connectivity index (χ0n) is 15.3. The number of carbonyl (C=O) groups excluding carboxylic acids is 1. The van der Waals surface area contributed by atoms with Gasteiger partial charge in [0, 0.05) is 23.7 Å². The number of carbonyl (C=O) groups is 1. The van der Waals surface area contributed by atoms with Gasteiger partial charge in [0.1, 0.15) is 17.8 Å². The molecule has 0 saturated heterocycles.